The molecule has 1 aliphatic carbocycles. The van der Waals surface area contributed by atoms with Gasteiger partial charge in [-0.3, -0.25) is 4.52 Å². The second-order valence-corrected chi connectivity index (χ2v) is 7.91. The van der Waals surface area contributed by atoms with Crippen LogP contribution >= 0.6 is 0 Å². The van der Waals surface area contributed by atoms with Crippen LogP contribution in [0.4, 0.5) is 10.2 Å². The minimum absolute atomic E-state index is 0.172. The Kier molecular flexibility index (Phi) is 5.05. The van der Waals surface area contributed by atoms with Gasteiger partial charge in [0.05, 0.1) is 13.2 Å². The maximum atomic E-state index is 13.6. The largest absolute Gasteiger partial charge is 0.442 e. The summed E-state index contributed by atoms with van der Waals surface area (Å²) in [6, 6.07) is 4.13. The van der Waals surface area contributed by atoms with Gasteiger partial charge in [-0.05, 0) is 46.2 Å². The van der Waals surface area contributed by atoms with Crippen LogP contribution in [0.25, 0.3) is 11.5 Å². The molecule has 0 saturated heterocycles. The Hall–Kier alpha value is -2.86. The lowest BCUT2D eigenvalue weighted by Crippen LogP contribution is -2.31. The summed E-state index contributed by atoms with van der Waals surface area (Å²) in [6.07, 6.45) is 2.50. The number of hydrogen-bond acceptors (Lipinski definition) is 9. The number of nitrogens with one attached hydrogen (secondary N) is 1. The summed E-state index contributed by atoms with van der Waals surface area (Å²) in [4.78, 5) is 17.0. The van der Waals surface area contributed by atoms with Gasteiger partial charge in [0.1, 0.15) is 5.82 Å². The first-order valence-electron chi connectivity index (χ1n) is 8.38. The lowest BCUT2D eigenvalue weighted by molar-refractivity contribution is 0.221. The third-order valence-electron chi connectivity index (χ3n) is 4.42. The maximum absolute atomic E-state index is 13.6. The number of hydrogen-bond donors (Lipinski definition) is 1. The predicted molar refractivity (Wildman–Crippen MR) is 98.4 cm³/mol. The van der Waals surface area contributed by atoms with Crippen LogP contribution in [0.2, 0.25) is 0 Å². The molecule has 0 radical (unpaired) electrons. The summed E-state index contributed by atoms with van der Waals surface area (Å²) in [5.74, 6) is 0.191. The Bertz CT molecular complexity index is 1090. The Labute approximate surface area is 160 Å². The molecule has 1 unspecified atom stereocenters. The Morgan fingerprint density at radius 3 is 3.11 bits per heavy atom. The SMILES string of the molecule is CO/N=S(\C)CCNc1nonc1-c1noc(=O)n1[C@H]1Cc2ccc(F)cc21. The Morgan fingerprint density at radius 2 is 2.29 bits per heavy atom. The zero-order valence-corrected chi connectivity index (χ0v) is 15.9. The van der Waals surface area contributed by atoms with E-state index in [1.165, 1.54) is 23.8 Å². The van der Waals surface area contributed by atoms with Crippen LogP contribution in [0.5, 0.6) is 0 Å². The van der Waals surface area contributed by atoms with E-state index in [9.17, 15) is 9.18 Å². The maximum Gasteiger partial charge on any atom is 0.442 e. The molecule has 1 N–H and O–H groups in total. The molecule has 28 heavy (non-hydrogen) atoms. The van der Waals surface area contributed by atoms with Gasteiger partial charge in [0, 0.05) is 12.3 Å². The molecule has 12 heteroatoms. The van der Waals surface area contributed by atoms with E-state index in [0.29, 0.717) is 30.1 Å². The number of nitrogens with zero attached hydrogens (tertiary/aromatic N) is 5. The predicted octanol–water partition coefficient (Wildman–Crippen LogP) is 1.58. The fourth-order valence-electron chi connectivity index (χ4n) is 3.10. The van der Waals surface area contributed by atoms with E-state index in [1.54, 1.807) is 6.07 Å². The van der Waals surface area contributed by atoms with Gasteiger partial charge in [-0.2, -0.15) is 0 Å². The van der Waals surface area contributed by atoms with Crippen molar-refractivity contribution in [1.82, 2.24) is 20.0 Å². The number of halogens is 1. The lowest BCUT2D eigenvalue weighted by atomic mass is 9.83. The second-order valence-electron chi connectivity index (χ2n) is 6.15. The van der Waals surface area contributed by atoms with E-state index in [2.05, 4.69) is 25.3 Å². The van der Waals surface area contributed by atoms with Gasteiger partial charge in [0.25, 0.3) is 0 Å². The average molecular weight is 408 g/mol. The van der Waals surface area contributed by atoms with Gasteiger partial charge in [-0.1, -0.05) is 21.9 Å². The third-order valence-corrected chi connectivity index (χ3v) is 5.62. The fraction of sp³-hybridized carbons (Fsp3) is 0.375. The van der Waals surface area contributed by atoms with Gasteiger partial charge in [-0.15, -0.1) is 4.53 Å². The monoisotopic (exact) mass is 408 g/mol. The second kappa shape index (κ2) is 7.64. The first-order valence-corrected chi connectivity index (χ1v) is 10.1. The summed E-state index contributed by atoms with van der Waals surface area (Å²) in [5.41, 5.74) is 1.93. The first-order chi connectivity index (χ1) is 13.6. The van der Waals surface area contributed by atoms with Gasteiger partial charge in [0.15, 0.2) is 5.69 Å². The summed E-state index contributed by atoms with van der Waals surface area (Å²) < 4.78 is 28.6. The van der Waals surface area contributed by atoms with E-state index >= 15 is 0 Å². The number of rotatable bonds is 7. The highest BCUT2D eigenvalue weighted by molar-refractivity contribution is 7.86. The van der Waals surface area contributed by atoms with Gasteiger partial charge < -0.3 is 5.32 Å². The number of fused-ring (bicyclic) bond motifs is 1. The van der Waals surface area contributed by atoms with Crippen molar-refractivity contribution < 1.29 is 18.4 Å². The quantitative estimate of drug-likeness (QED) is 0.585. The fourth-order valence-corrected chi connectivity index (χ4v) is 3.83. The molecule has 2 atom stereocenters. The molecule has 1 aromatic carbocycles. The van der Waals surface area contributed by atoms with Gasteiger partial charge in [-0.25, -0.2) is 23.2 Å². The van der Waals surface area contributed by atoms with Gasteiger partial charge >= 0.3 is 5.76 Å². The van der Waals surface area contributed by atoms with E-state index in [1.807, 2.05) is 6.26 Å². The summed E-state index contributed by atoms with van der Waals surface area (Å²) in [6.45, 7) is 0.535. The van der Waals surface area contributed by atoms with Crippen molar-refractivity contribution in [3.63, 3.8) is 0 Å². The summed E-state index contributed by atoms with van der Waals surface area (Å²) in [5, 5.41) is 14.6. The van der Waals surface area contributed by atoms with E-state index in [-0.39, 0.29) is 34.1 Å². The smallest absolute Gasteiger partial charge is 0.364 e. The lowest BCUT2D eigenvalue weighted by Gasteiger charge is -2.30. The van der Waals surface area contributed by atoms with Gasteiger partial charge in [0.2, 0.25) is 11.6 Å². The van der Waals surface area contributed by atoms with Crippen LogP contribution in [-0.2, 0) is 21.9 Å². The zero-order chi connectivity index (χ0) is 19.7. The van der Waals surface area contributed by atoms with Crippen molar-refractivity contribution >= 4 is 16.5 Å². The Balaban J connectivity index is 1.60. The van der Waals surface area contributed by atoms with E-state index < -0.39 is 5.76 Å². The molecule has 10 nitrogen and oxygen atoms in total. The molecule has 3 aromatic rings. The molecule has 0 amide bonds. The molecule has 148 valence electrons. The molecule has 0 saturated carbocycles. The highest BCUT2D eigenvalue weighted by atomic mass is 32.2. The molecule has 1 aliphatic rings. The van der Waals surface area contributed by atoms with Crippen molar-refractivity contribution in [2.45, 2.75) is 12.5 Å². The summed E-state index contributed by atoms with van der Waals surface area (Å²) >= 11 is 0. The van der Waals surface area contributed by atoms with Crippen LogP contribution in [0.3, 0.4) is 0 Å². The highest BCUT2D eigenvalue weighted by Crippen LogP contribution is 2.38. The van der Waals surface area contributed by atoms with Crippen LogP contribution in [0.15, 0.2) is 36.7 Å². The van der Waals surface area contributed by atoms with Crippen LogP contribution in [0.1, 0.15) is 17.2 Å². The van der Waals surface area contributed by atoms with Crippen molar-refractivity contribution in [3.8, 4) is 11.5 Å². The zero-order valence-electron chi connectivity index (χ0n) is 15.1. The van der Waals surface area contributed by atoms with E-state index in [4.69, 9.17) is 14.0 Å². The topological polar surface area (TPSA) is 121 Å². The molecule has 2 heterocycles. The molecule has 0 bridgehead atoms. The molecule has 2 aromatic heterocycles. The van der Waals surface area contributed by atoms with Crippen molar-refractivity contribution in [2.24, 2.45) is 4.53 Å². The number of anilines is 1. The van der Waals surface area contributed by atoms with Crippen LogP contribution in [0, 0.1) is 5.82 Å². The summed E-state index contributed by atoms with van der Waals surface area (Å²) in [7, 11) is 1.23. The number of benzene rings is 1. The molecule has 4 rings (SSSR count). The minimum Gasteiger partial charge on any atom is -0.364 e. The molecular weight excluding hydrogens is 391 g/mol. The van der Waals surface area contributed by atoms with E-state index in [0.717, 1.165) is 5.56 Å². The van der Waals surface area contributed by atoms with Crippen molar-refractivity contribution in [3.05, 3.63) is 45.7 Å². The first kappa shape index (κ1) is 18.5. The Morgan fingerprint density at radius 1 is 1.43 bits per heavy atom. The molecule has 0 fully saturated rings. The standard InChI is InChI=1S/C16H17FN6O4S/c1-25-22-28(2)6-5-18-14-13(19-27-20-14)15-21-26-16(24)23(15)12-7-9-3-4-10(17)8-11(9)12/h3-4,8,12H,5-7H2,1-2H3,(H,18,20)/t12-,28?/m0/s1. The average Bonchev–Trinajstić information content (AvgIpc) is 3.25. The normalized spacial score (nSPS) is 16.6. The van der Waals surface area contributed by atoms with Crippen molar-refractivity contribution in [1.29, 1.82) is 0 Å². The molecule has 0 aliphatic heterocycles. The minimum atomic E-state index is -0.655. The van der Waals surface area contributed by atoms with Crippen molar-refractivity contribution in [2.75, 3.05) is 31.0 Å². The molecule has 0 spiro atoms. The number of aromatic nitrogens is 4. The van der Waals surface area contributed by atoms with Crippen LogP contribution < -0.4 is 11.1 Å². The highest BCUT2D eigenvalue weighted by Gasteiger charge is 2.34. The molecular formula is C16H17FN6O4S. The van der Waals surface area contributed by atoms with Crippen LogP contribution in [-0.4, -0.2) is 45.7 Å². The third kappa shape index (κ3) is 3.36.